The van der Waals surface area contributed by atoms with E-state index in [9.17, 15) is 13.2 Å². The van der Waals surface area contributed by atoms with E-state index in [-0.39, 0.29) is 23.0 Å². The molecule has 1 fully saturated rings. The number of nitrogens with zero attached hydrogens (tertiary/aromatic N) is 1. The van der Waals surface area contributed by atoms with Gasteiger partial charge in [-0.15, -0.1) is 0 Å². The summed E-state index contributed by atoms with van der Waals surface area (Å²) in [5.74, 6) is 0.0557. The third kappa shape index (κ3) is 4.92. The zero-order valence-electron chi connectivity index (χ0n) is 15.7. The third-order valence-corrected chi connectivity index (χ3v) is 7.05. The molecule has 0 radical (unpaired) electrons. The van der Waals surface area contributed by atoms with Crippen molar-refractivity contribution in [1.82, 2.24) is 4.31 Å². The Bertz CT molecular complexity index is 956. The van der Waals surface area contributed by atoms with Crippen molar-refractivity contribution in [3.05, 3.63) is 52.5 Å². The Morgan fingerprint density at radius 2 is 1.89 bits per heavy atom. The first kappa shape index (κ1) is 20.8. The zero-order valence-corrected chi connectivity index (χ0v) is 18.1. The molecule has 0 spiro atoms. The number of hydrogen-bond donors (Lipinski definition) is 1. The van der Waals surface area contributed by atoms with Crippen LogP contribution in [0.3, 0.4) is 0 Å². The van der Waals surface area contributed by atoms with Crippen molar-refractivity contribution < 1.29 is 17.9 Å². The molecule has 2 aromatic rings. The number of halogens is 1. The van der Waals surface area contributed by atoms with E-state index in [0.29, 0.717) is 18.8 Å². The minimum Gasteiger partial charge on any atom is -0.495 e. The summed E-state index contributed by atoms with van der Waals surface area (Å²) in [5.41, 5.74) is 1.29. The molecule has 1 aliphatic heterocycles. The summed E-state index contributed by atoms with van der Waals surface area (Å²) in [6.07, 6.45) is 2.93. The van der Waals surface area contributed by atoms with Gasteiger partial charge in [0.15, 0.2) is 0 Å². The van der Waals surface area contributed by atoms with Gasteiger partial charge < -0.3 is 10.1 Å². The Kier molecular flexibility index (Phi) is 6.74. The van der Waals surface area contributed by atoms with E-state index in [4.69, 9.17) is 4.74 Å². The standard InChI is InChI=1S/C20H23BrN2O4S/c1-27-18-9-8-17(22-20(24)13-15-6-5-7-16(21)12-15)14-19(18)28(25,26)23-10-3-2-4-11-23/h5-9,12,14H,2-4,10-11,13H2,1H3,(H,22,24). The number of anilines is 1. The SMILES string of the molecule is COc1ccc(NC(=O)Cc2cccc(Br)c2)cc1S(=O)(=O)N1CCCCC1. The summed E-state index contributed by atoms with van der Waals surface area (Å²) >= 11 is 3.39. The number of carbonyl (C=O) groups excluding carboxylic acids is 1. The van der Waals surface area contributed by atoms with E-state index in [1.165, 1.54) is 17.5 Å². The second-order valence-corrected chi connectivity index (χ2v) is 9.51. The first-order valence-electron chi connectivity index (χ1n) is 9.12. The molecule has 0 saturated carbocycles. The van der Waals surface area contributed by atoms with Crippen molar-refractivity contribution in [1.29, 1.82) is 0 Å². The summed E-state index contributed by atoms with van der Waals surface area (Å²) in [4.78, 5) is 12.5. The smallest absolute Gasteiger partial charge is 0.246 e. The van der Waals surface area contributed by atoms with Gasteiger partial charge in [0.1, 0.15) is 10.6 Å². The highest BCUT2D eigenvalue weighted by atomic mass is 79.9. The minimum atomic E-state index is -3.68. The maximum atomic E-state index is 13.1. The first-order chi connectivity index (χ1) is 13.4. The molecule has 3 rings (SSSR count). The van der Waals surface area contributed by atoms with Crippen molar-refractivity contribution in [2.45, 2.75) is 30.6 Å². The van der Waals surface area contributed by atoms with E-state index in [1.807, 2.05) is 24.3 Å². The van der Waals surface area contributed by atoms with Gasteiger partial charge in [0.2, 0.25) is 15.9 Å². The van der Waals surface area contributed by atoms with Crippen LogP contribution in [0.25, 0.3) is 0 Å². The molecule has 0 bridgehead atoms. The van der Waals surface area contributed by atoms with Crippen LogP contribution in [0.2, 0.25) is 0 Å². The monoisotopic (exact) mass is 466 g/mol. The molecule has 0 unspecified atom stereocenters. The first-order valence-corrected chi connectivity index (χ1v) is 11.4. The summed E-state index contributed by atoms with van der Waals surface area (Å²) in [6.45, 7) is 1.01. The molecule has 0 aromatic heterocycles. The summed E-state index contributed by atoms with van der Waals surface area (Å²) in [6, 6.07) is 12.2. The average molecular weight is 467 g/mol. The number of methoxy groups -OCH3 is 1. The van der Waals surface area contributed by atoms with Gasteiger partial charge in [-0.25, -0.2) is 8.42 Å². The number of rotatable bonds is 6. The highest BCUT2D eigenvalue weighted by molar-refractivity contribution is 9.10. The summed E-state index contributed by atoms with van der Waals surface area (Å²) in [5, 5.41) is 2.78. The number of piperidine rings is 1. The number of hydrogen-bond acceptors (Lipinski definition) is 4. The zero-order chi connectivity index (χ0) is 20.1. The molecule has 8 heteroatoms. The van der Waals surface area contributed by atoms with Crippen molar-refractivity contribution in [3.63, 3.8) is 0 Å². The largest absolute Gasteiger partial charge is 0.495 e. The molecule has 0 aliphatic carbocycles. The van der Waals surface area contributed by atoms with Crippen molar-refractivity contribution in [2.24, 2.45) is 0 Å². The number of amides is 1. The highest BCUT2D eigenvalue weighted by Gasteiger charge is 2.29. The van der Waals surface area contributed by atoms with Crippen LogP contribution in [0, 0.1) is 0 Å². The number of nitrogens with one attached hydrogen (secondary N) is 1. The Hall–Kier alpha value is -1.90. The van der Waals surface area contributed by atoms with Crippen LogP contribution < -0.4 is 10.1 Å². The van der Waals surface area contributed by atoms with Gasteiger partial charge in [-0.2, -0.15) is 4.31 Å². The minimum absolute atomic E-state index is 0.0807. The number of carbonyl (C=O) groups is 1. The highest BCUT2D eigenvalue weighted by Crippen LogP contribution is 2.31. The quantitative estimate of drug-likeness (QED) is 0.701. The fraction of sp³-hybridized carbons (Fsp3) is 0.350. The van der Waals surface area contributed by atoms with Crippen molar-refractivity contribution in [2.75, 3.05) is 25.5 Å². The molecule has 6 nitrogen and oxygen atoms in total. The van der Waals surface area contributed by atoms with Gasteiger partial charge in [0, 0.05) is 23.2 Å². The predicted molar refractivity (Wildman–Crippen MR) is 112 cm³/mol. The lowest BCUT2D eigenvalue weighted by molar-refractivity contribution is -0.115. The molecule has 2 aromatic carbocycles. The fourth-order valence-electron chi connectivity index (χ4n) is 3.24. The molecule has 0 atom stereocenters. The molecule has 1 N–H and O–H groups in total. The molecule has 1 aliphatic rings. The van der Waals surface area contributed by atoms with E-state index >= 15 is 0 Å². The molecular formula is C20H23BrN2O4S. The van der Waals surface area contributed by atoms with Crippen LogP contribution in [0.1, 0.15) is 24.8 Å². The lowest BCUT2D eigenvalue weighted by Gasteiger charge is -2.26. The van der Waals surface area contributed by atoms with Gasteiger partial charge in [0.05, 0.1) is 13.5 Å². The van der Waals surface area contributed by atoms with Crippen LogP contribution >= 0.6 is 15.9 Å². The second-order valence-electron chi connectivity index (χ2n) is 6.69. The topological polar surface area (TPSA) is 75.7 Å². The van der Waals surface area contributed by atoms with Crippen LogP contribution in [0.5, 0.6) is 5.75 Å². The molecular weight excluding hydrogens is 444 g/mol. The van der Waals surface area contributed by atoms with Gasteiger partial charge in [0.25, 0.3) is 0 Å². The van der Waals surface area contributed by atoms with E-state index in [0.717, 1.165) is 29.3 Å². The Morgan fingerprint density at radius 1 is 1.14 bits per heavy atom. The Balaban J connectivity index is 1.81. The van der Waals surface area contributed by atoms with Gasteiger partial charge >= 0.3 is 0 Å². The summed E-state index contributed by atoms with van der Waals surface area (Å²) in [7, 11) is -2.24. The maximum absolute atomic E-state index is 13.1. The number of benzene rings is 2. The van der Waals surface area contributed by atoms with E-state index in [1.54, 1.807) is 12.1 Å². The molecule has 28 heavy (non-hydrogen) atoms. The van der Waals surface area contributed by atoms with Gasteiger partial charge in [-0.1, -0.05) is 34.5 Å². The molecule has 1 amide bonds. The fourth-order valence-corrected chi connectivity index (χ4v) is 5.38. The normalized spacial score (nSPS) is 15.2. The lowest BCUT2D eigenvalue weighted by atomic mass is 10.1. The van der Waals surface area contributed by atoms with Gasteiger partial charge in [-0.05, 0) is 48.7 Å². The predicted octanol–water partition coefficient (Wildman–Crippen LogP) is 3.81. The Labute approximate surface area is 174 Å². The van der Waals surface area contributed by atoms with Crippen molar-refractivity contribution in [3.8, 4) is 5.75 Å². The maximum Gasteiger partial charge on any atom is 0.246 e. The van der Waals surface area contributed by atoms with Crippen LogP contribution in [-0.4, -0.2) is 38.8 Å². The second kappa shape index (κ2) is 9.07. The van der Waals surface area contributed by atoms with Gasteiger partial charge in [-0.3, -0.25) is 4.79 Å². The number of ether oxygens (including phenoxy) is 1. The van der Waals surface area contributed by atoms with Crippen LogP contribution in [0.4, 0.5) is 5.69 Å². The molecule has 150 valence electrons. The van der Waals surface area contributed by atoms with Crippen LogP contribution in [0.15, 0.2) is 51.8 Å². The van der Waals surface area contributed by atoms with Crippen molar-refractivity contribution >= 4 is 37.5 Å². The van der Waals surface area contributed by atoms with Crippen LogP contribution in [-0.2, 0) is 21.2 Å². The van der Waals surface area contributed by atoms with E-state index in [2.05, 4.69) is 21.2 Å². The molecule has 1 heterocycles. The Morgan fingerprint density at radius 3 is 2.57 bits per heavy atom. The lowest BCUT2D eigenvalue weighted by Crippen LogP contribution is -2.35. The average Bonchev–Trinajstić information content (AvgIpc) is 2.68. The summed E-state index contributed by atoms with van der Waals surface area (Å²) < 4.78 is 33.8. The molecule has 1 saturated heterocycles. The third-order valence-electron chi connectivity index (χ3n) is 4.63. The van der Waals surface area contributed by atoms with E-state index < -0.39 is 10.0 Å². The number of sulfonamides is 1.